The van der Waals surface area contributed by atoms with Crippen molar-refractivity contribution in [3.05, 3.63) is 114 Å². The minimum absolute atomic E-state index is 0.0436. The standard InChI is InChI=1S/C26H34N6O.C19H18ClN3O.C7H17N3/c1-4-32(5-2)26(33)21-8-6-20(7-9-21)24-18-25(22-19-27-11-10-23(22)29-24)28-12-13-31-16-14-30(3)15-17-31;1-3-23(4-2)19(24)14-7-5-13(6-8-14)18-11-16(20)15-12-21-10-9-17(15)22-18;1-9-4-6-10(3-2-8)7-5-9/h6-11,18-19H,4-5,12-17H2,1-3H3,(H,28,29);5-12H,3-4H2,1-2H3;2-8H2,1H3. The van der Waals surface area contributed by atoms with E-state index in [0.717, 1.165) is 102 Å². The number of benzene rings is 2. The summed E-state index contributed by atoms with van der Waals surface area (Å²) in [6.45, 7) is 23.8. The molecule has 0 radical (unpaired) electrons. The summed E-state index contributed by atoms with van der Waals surface area (Å²) in [4.78, 5) is 56.2. The fourth-order valence-electron chi connectivity index (χ4n) is 8.17. The number of carbonyl (C=O) groups is 2. The van der Waals surface area contributed by atoms with Crippen molar-refractivity contribution in [2.45, 2.75) is 27.7 Å². The van der Waals surface area contributed by atoms with E-state index in [4.69, 9.17) is 22.3 Å². The first-order chi connectivity index (χ1) is 32.5. The van der Waals surface area contributed by atoms with Crippen LogP contribution >= 0.6 is 11.6 Å². The van der Waals surface area contributed by atoms with Gasteiger partial charge in [0.2, 0.25) is 0 Å². The molecule has 356 valence electrons. The number of pyridine rings is 4. The molecule has 0 atom stereocenters. The summed E-state index contributed by atoms with van der Waals surface area (Å²) in [6.07, 6.45) is 7.05. The van der Waals surface area contributed by atoms with Gasteiger partial charge < -0.3 is 30.7 Å². The first-order valence-electron chi connectivity index (χ1n) is 23.8. The summed E-state index contributed by atoms with van der Waals surface area (Å²) in [7, 11) is 4.35. The van der Waals surface area contributed by atoms with Gasteiger partial charge in [0.15, 0.2) is 0 Å². The summed E-state index contributed by atoms with van der Waals surface area (Å²) < 4.78 is 0. The number of hydrogen-bond acceptors (Lipinski definition) is 12. The fourth-order valence-corrected chi connectivity index (χ4v) is 8.42. The van der Waals surface area contributed by atoms with E-state index < -0.39 is 0 Å². The van der Waals surface area contributed by atoms with Gasteiger partial charge in [-0.2, -0.15) is 0 Å². The van der Waals surface area contributed by atoms with Crippen LogP contribution in [0.3, 0.4) is 0 Å². The molecule has 8 rings (SSSR count). The van der Waals surface area contributed by atoms with Gasteiger partial charge in [-0.15, -0.1) is 0 Å². The number of aromatic nitrogens is 4. The number of rotatable bonds is 14. The monoisotopic (exact) mass is 929 g/mol. The zero-order valence-corrected chi connectivity index (χ0v) is 41.1. The second kappa shape index (κ2) is 25.5. The summed E-state index contributed by atoms with van der Waals surface area (Å²) >= 11 is 6.33. The van der Waals surface area contributed by atoms with Gasteiger partial charge in [0, 0.05) is 168 Å². The van der Waals surface area contributed by atoms with E-state index in [1.165, 1.54) is 26.2 Å². The third-order valence-electron chi connectivity index (χ3n) is 12.5. The molecule has 4 aromatic heterocycles. The first-order valence-corrected chi connectivity index (χ1v) is 24.1. The van der Waals surface area contributed by atoms with E-state index >= 15 is 0 Å². The highest BCUT2D eigenvalue weighted by Gasteiger charge is 2.17. The Labute approximate surface area is 402 Å². The van der Waals surface area contributed by atoms with Crippen LogP contribution < -0.4 is 11.1 Å². The number of hydrogen-bond donors (Lipinski definition) is 2. The number of likely N-dealkylation sites (N-methyl/N-ethyl adjacent to an activating group) is 2. The molecular formula is C52H69ClN12O2. The molecule has 14 nitrogen and oxygen atoms in total. The van der Waals surface area contributed by atoms with Crippen molar-refractivity contribution in [3.63, 3.8) is 0 Å². The molecule has 0 aliphatic carbocycles. The molecular weight excluding hydrogens is 860 g/mol. The molecule has 2 aliphatic rings. The Hall–Kier alpha value is -5.61. The normalized spacial score (nSPS) is 14.7. The van der Waals surface area contributed by atoms with E-state index in [1.807, 2.05) is 106 Å². The number of anilines is 1. The summed E-state index contributed by atoms with van der Waals surface area (Å²) in [5.74, 6) is 0.109. The quantitative estimate of drug-likeness (QED) is 0.116. The van der Waals surface area contributed by atoms with Crippen molar-refractivity contribution >= 4 is 50.9 Å². The molecule has 15 heteroatoms. The van der Waals surface area contributed by atoms with Crippen LogP contribution in [0.2, 0.25) is 5.02 Å². The number of nitrogens with two attached hydrogens (primary N) is 1. The number of halogens is 1. The lowest BCUT2D eigenvalue weighted by molar-refractivity contribution is 0.0765. The van der Waals surface area contributed by atoms with E-state index in [0.29, 0.717) is 42.3 Å². The molecule has 2 aromatic carbocycles. The van der Waals surface area contributed by atoms with Crippen LogP contribution in [0.25, 0.3) is 44.3 Å². The lowest BCUT2D eigenvalue weighted by atomic mass is 10.1. The number of carbonyl (C=O) groups excluding carboxylic acids is 2. The number of amides is 2. The summed E-state index contributed by atoms with van der Waals surface area (Å²) in [5, 5.41) is 6.09. The molecule has 2 saturated heterocycles. The lowest BCUT2D eigenvalue weighted by Crippen LogP contribution is -2.45. The summed E-state index contributed by atoms with van der Waals surface area (Å²) in [5.41, 5.74) is 13.2. The minimum Gasteiger partial charge on any atom is -0.383 e. The molecule has 2 amide bonds. The maximum Gasteiger partial charge on any atom is 0.253 e. The smallest absolute Gasteiger partial charge is 0.253 e. The molecule has 6 aromatic rings. The van der Waals surface area contributed by atoms with Gasteiger partial charge in [-0.1, -0.05) is 35.9 Å². The van der Waals surface area contributed by atoms with Crippen LogP contribution in [0.15, 0.2) is 97.6 Å². The fraction of sp³-hybridized carbons (Fsp3) is 0.423. The third kappa shape index (κ3) is 14.0. The second-order valence-corrected chi connectivity index (χ2v) is 17.4. The van der Waals surface area contributed by atoms with E-state index in [-0.39, 0.29) is 11.8 Å². The van der Waals surface area contributed by atoms with Gasteiger partial charge in [0.05, 0.1) is 27.4 Å². The Morgan fingerprint density at radius 2 is 1.04 bits per heavy atom. The molecule has 0 saturated carbocycles. The van der Waals surface area contributed by atoms with Crippen LogP contribution in [0.1, 0.15) is 48.4 Å². The highest BCUT2D eigenvalue weighted by molar-refractivity contribution is 6.35. The Kier molecular flexibility index (Phi) is 19.3. The molecule has 2 aliphatic heterocycles. The topological polar surface area (TPSA) is 143 Å². The predicted octanol–water partition coefficient (Wildman–Crippen LogP) is 7.06. The Morgan fingerprint density at radius 3 is 1.51 bits per heavy atom. The molecule has 2 fully saturated rings. The number of nitrogens with one attached hydrogen (secondary N) is 1. The van der Waals surface area contributed by atoms with Crippen molar-refractivity contribution in [1.82, 2.24) is 49.3 Å². The zero-order chi connectivity index (χ0) is 47.7. The van der Waals surface area contributed by atoms with Crippen LogP contribution in [0.4, 0.5) is 5.69 Å². The van der Waals surface area contributed by atoms with Gasteiger partial charge in [0.25, 0.3) is 11.8 Å². The van der Waals surface area contributed by atoms with E-state index in [2.05, 4.69) is 60.0 Å². The van der Waals surface area contributed by atoms with E-state index in [1.54, 1.807) is 23.5 Å². The van der Waals surface area contributed by atoms with Gasteiger partial charge in [-0.05, 0) is 90.3 Å². The maximum absolute atomic E-state index is 12.6. The molecule has 6 heterocycles. The Morgan fingerprint density at radius 1 is 0.612 bits per heavy atom. The van der Waals surface area contributed by atoms with Gasteiger partial charge in [-0.25, -0.2) is 9.97 Å². The van der Waals surface area contributed by atoms with Crippen molar-refractivity contribution < 1.29 is 9.59 Å². The van der Waals surface area contributed by atoms with Crippen molar-refractivity contribution in [2.75, 3.05) is 124 Å². The largest absolute Gasteiger partial charge is 0.383 e. The number of nitrogens with zero attached hydrogens (tertiary/aromatic N) is 10. The van der Waals surface area contributed by atoms with Gasteiger partial charge in [-0.3, -0.25) is 29.4 Å². The Bertz CT molecular complexity index is 2480. The Balaban J connectivity index is 0.000000189. The van der Waals surface area contributed by atoms with Crippen LogP contribution in [0.5, 0.6) is 0 Å². The summed E-state index contributed by atoms with van der Waals surface area (Å²) in [6, 6.07) is 23.0. The molecule has 3 N–H and O–H groups in total. The lowest BCUT2D eigenvalue weighted by Gasteiger charge is -2.32. The highest BCUT2D eigenvalue weighted by Crippen LogP contribution is 2.29. The highest BCUT2D eigenvalue weighted by atomic mass is 35.5. The SMILES string of the molecule is CCN(CC)C(=O)c1ccc(-c2cc(Cl)c3cnccc3n2)cc1.CCN(CC)C(=O)c1ccc(-c2cc(NCCN3CCN(C)CC3)c3cnccc3n2)cc1.CN1CCN(CCN)CC1. The number of fused-ring (bicyclic) bond motifs is 2. The minimum atomic E-state index is 0.0436. The van der Waals surface area contributed by atoms with Gasteiger partial charge >= 0.3 is 0 Å². The average Bonchev–Trinajstić information content (AvgIpc) is 3.36. The van der Waals surface area contributed by atoms with Crippen LogP contribution in [-0.2, 0) is 0 Å². The molecule has 0 spiro atoms. The third-order valence-corrected chi connectivity index (χ3v) is 12.8. The number of piperazine rings is 2. The van der Waals surface area contributed by atoms with Gasteiger partial charge in [0.1, 0.15) is 0 Å². The predicted molar refractivity (Wildman–Crippen MR) is 275 cm³/mol. The van der Waals surface area contributed by atoms with Crippen LogP contribution in [0, 0.1) is 0 Å². The average molecular weight is 930 g/mol. The van der Waals surface area contributed by atoms with Crippen LogP contribution in [-0.4, -0.2) is 180 Å². The molecule has 67 heavy (non-hydrogen) atoms. The molecule has 0 bridgehead atoms. The van der Waals surface area contributed by atoms with E-state index in [9.17, 15) is 9.59 Å². The first kappa shape index (κ1) is 50.8. The van der Waals surface area contributed by atoms with Crippen molar-refractivity contribution in [1.29, 1.82) is 0 Å². The maximum atomic E-state index is 12.6. The van der Waals surface area contributed by atoms with Crippen molar-refractivity contribution in [2.24, 2.45) is 5.73 Å². The molecule has 0 unspecified atom stereocenters. The zero-order valence-electron chi connectivity index (χ0n) is 40.3. The van der Waals surface area contributed by atoms with Crippen molar-refractivity contribution in [3.8, 4) is 22.5 Å². The second-order valence-electron chi connectivity index (χ2n) is 16.9.